The van der Waals surface area contributed by atoms with Crippen LogP contribution in [-0.2, 0) is 0 Å². The summed E-state index contributed by atoms with van der Waals surface area (Å²) in [5.41, 5.74) is 7.77. The molecule has 2 rings (SSSR count). The molecule has 0 radical (unpaired) electrons. The first kappa shape index (κ1) is 15.5. The summed E-state index contributed by atoms with van der Waals surface area (Å²) in [5, 5.41) is 0. The lowest BCUT2D eigenvalue weighted by atomic mass is 9.98. The molecule has 0 heterocycles. The van der Waals surface area contributed by atoms with Gasteiger partial charge >= 0.3 is 0 Å². The van der Waals surface area contributed by atoms with Crippen LogP contribution in [0.3, 0.4) is 0 Å². The van der Waals surface area contributed by atoms with Gasteiger partial charge in [-0.2, -0.15) is 0 Å². The van der Waals surface area contributed by atoms with E-state index in [0.29, 0.717) is 22.4 Å². The Kier molecular flexibility index (Phi) is 5.18. The Morgan fingerprint density at radius 3 is 2.55 bits per heavy atom. The Bertz CT molecular complexity index is 599. The average molecular weight is 403 g/mol. The van der Waals surface area contributed by atoms with E-state index in [0.717, 1.165) is 10.0 Å². The highest BCUT2D eigenvalue weighted by molar-refractivity contribution is 9.10. The number of hydrogen-bond donors (Lipinski definition) is 1. The van der Waals surface area contributed by atoms with Gasteiger partial charge in [0.25, 0.3) is 0 Å². The van der Waals surface area contributed by atoms with E-state index in [4.69, 9.17) is 10.5 Å². The number of nitrogens with two attached hydrogens (primary N) is 1. The zero-order valence-corrected chi connectivity index (χ0v) is 14.0. The molecule has 0 saturated heterocycles. The summed E-state index contributed by atoms with van der Waals surface area (Å²) < 4.78 is 20.7. The van der Waals surface area contributed by atoms with E-state index in [1.54, 1.807) is 0 Å². The highest BCUT2D eigenvalue weighted by Gasteiger charge is 2.16. The quantitative estimate of drug-likeness (QED) is 0.797. The summed E-state index contributed by atoms with van der Waals surface area (Å²) >= 11 is 6.70. The number of benzene rings is 2. The molecule has 0 aliphatic carbocycles. The molecule has 0 aliphatic rings. The van der Waals surface area contributed by atoms with Crippen LogP contribution in [0, 0.1) is 5.82 Å². The summed E-state index contributed by atoms with van der Waals surface area (Å²) in [6.45, 7) is 2.46. The normalized spacial score (nSPS) is 12.2. The number of ether oxygens (including phenoxy) is 1. The van der Waals surface area contributed by atoms with Crippen LogP contribution in [0.2, 0.25) is 0 Å². The van der Waals surface area contributed by atoms with E-state index in [-0.39, 0.29) is 5.82 Å². The predicted octanol–water partition coefficient (Wildman–Crippen LogP) is 4.80. The van der Waals surface area contributed by atoms with Gasteiger partial charge in [0.05, 0.1) is 12.6 Å². The Morgan fingerprint density at radius 2 is 1.90 bits per heavy atom. The second kappa shape index (κ2) is 6.70. The van der Waals surface area contributed by atoms with Crippen LogP contribution in [0.5, 0.6) is 5.75 Å². The summed E-state index contributed by atoms with van der Waals surface area (Å²) in [6, 6.07) is 9.84. The second-order valence-electron chi connectivity index (χ2n) is 4.30. The Hall–Kier alpha value is -0.910. The van der Waals surface area contributed by atoms with Crippen LogP contribution >= 0.6 is 31.9 Å². The third-order valence-electron chi connectivity index (χ3n) is 2.85. The zero-order valence-electron chi connectivity index (χ0n) is 10.9. The molecule has 1 atom stereocenters. The van der Waals surface area contributed by atoms with Crippen molar-refractivity contribution in [2.45, 2.75) is 13.0 Å². The van der Waals surface area contributed by atoms with E-state index >= 15 is 0 Å². The Morgan fingerprint density at radius 1 is 1.15 bits per heavy atom. The minimum absolute atomic E-state index is 0.321. The van der Waals surface area contributed by atoms with Crippen LogP contribution in [0.15, 0.2) is 45.3 Å². The molecule has 1 unspecified atom stereocenters. The third-order valence-corrected chi connectivity index (χ3v) is 3.80. The average Bonchev–Trinajstić information content (AvgIpc) is 2.39. The van der Waals surface area contributed by atoms with E-state index in [1.807, 2.05) is 31.2 Å². The standard InChI is InChI=1S/C15H14Br2FNO/c1-2-20-14-4-3-10(16)8-13(14)15(19)9-5-11(17)7-12(18)6-9/h3-8,15H,2,19H2,1H3. The fourth-order valence-electron chi connectivity index (χ4n) is 1.98. The lowest BCUT2D eigenvalue weighted by Gasteiger charge is -2.18. The number of rotatable bonds is 4. The van der Waals surface area contributed by atoms with Gasteiger partial charge in [0.2, 0.25) is 0 Å². The highest BCUT2D eigenvalue weighted by atomic mass is 79.9. The summed E-state index contributed by atoms with van der Waals surface area (Å²) in [7, 11) is 0. The molecule has 20 heavy (non-hydrogen) atoms. The van der Waals surface area contributed by atoms with Gasteiger partial charge < -0.3 is 10.5 Å². The van der Waals surface area contributed by atoms with E-state index in [2.05, 4.69) is 31.9 Å². The van der Waals surface area contributed by atoms with Crippen LogP contribution < -0.4 is 10.5 Å². The highest BCUT2D eigenvalue weighted by Crippen LogP contribution is 2.32. The molecule has 5 heteroatoms. The van der Waals surface area contributed by atoms with Gasteiger partial charge in [-0.3, -0.25) is 0 Å². The Balaban J connectivity index is 2.46. The topological polar surface area (TPSA) is 35.2 Å². The van der Waals surface area contributed by atoms with Gasteiger partial charge in [-0.1, -0.05) is 31.9 Å². The first-order valence-corrected chi connectivity index (χ1v) is 7.73. The first-order chi connectivity index (χ1) is 9.51. The lowest BCUT2D eigenvalue weighted by Crippen LogP contribution is -2.14. The van der Waals surface area contributed by atoms with Crippen molar-refractivity contribution < 1.29 is 9.13 Å². The van der Waals surface area contributed by atoms with Gasteiger partial charge in [0, 0.05) is 14.5 Å². The fourth-order valence-corrected chi connectivity index (χ4v) is 2.85. The summed E-state index contributed by atoms with van der Waals surface area (Å²) in [6.07, 6.45) is 0. The van der Waals surface area contributed by atoms with Gasteiger partial charge in [-0.05, 0) is 48.9 Å². The van der Waals surface area contributed by atoms with Crippen molar-refractivity contribution in [3.05, 3.63) is 62.3 Å². The Labute approximate surface area is 134 Å². The molecule has 0 aliphatic heterocycles. The molecule has 2 aromatic rings. The fraction of sp³-hybridized carbons (Fsp3) is 0.200. The largest absolute Gasteiger partial charge is 0.494 e. The number of halogens is 3. The minimum atomic E-state index is -0.457. The van der Waals surface area contributed by atoms with Gasteiger partial charge in [0.1, 0.15) is 11.6 Å². The maximum atomic E-state index is 13.5. The van der Waals surface area contributed by atoms with Crippen LogP contribution in [-0.4, -0.2) is 6.61 Å². The van der Waals surface area contributed by atoms with Crippen LogP contribution in [0.4, 0.5) is 4.39 Å². The van der Waals surface area contributed by atoms with Crippen molar-refractivity contribution in [1.29, 1.82) is 0 Å². The smallest absolute Gasteiger partial charge is 0.124 e. The molecule has 0 bridgehead atoms. The van der Waals surface area contributed by atoms with E-state index < -0.39 is 6.04 Å². The van der Waals surface area contributed by atoms with Gasteiger partial charge in [-0.25, -0.2) is 4.39 Å². The second-order valence-corrected chi connectivity index (χ2v) is 6.13. The number of hydrogen-bond acceptors (Lipinski definition) is 2. The lowest BCUT2D eigenvalue weighted by molar-refractivity contribution is 0.335. The SMILES string of the molecule is CCOc1ccc(Br)cc1C(N)c1cc(F)cc(Br)c1. The molecule has 0 fully saturated rings. The predicted molar refractivity (Wildman–Crippen MR) is 85.4 cm³/mol. The summed E-state index contributed by atoms with van der Waals surface area (Å²) in [5.74, 6) is 0.390. The maximum absolute atomic E-state index is 13.5. The van der Waals surface area contributed by atoms with Crippen molar-refractivity contribution in [2.24, 2.45) is 5.73 Å². The van der Waals surface area contributed by atoms with Gasteiger partial charge in [0.15, 0.2) is 0 Å². The summed E-state index contributed by atoms with van der Waals surface area (Å²) in [4.78, 5) is 0. The monoisotopic (exact) mass is 401 g/mol. The molecule has 0 amide bonds. The van der Waals surface area contributed by atoms with Crippen molar-refractivity contribution in [2.75, 3.05) is 6.61 Å². The first-order valence-electron chi connectivity index (χ1n) is 6.15. The van der Waals surface area contributed by atoms with Crippen molar-refractivity contribution >= 4 is 31.9 Å². The van der Waals surface area contributed by atoms with Crippen LogP contribution in [0.1, 0.15) is 24.1 Å². The molecule has 0 saturated carbocycles. The molecule has 106 valence electrons. The third kappa shape index (κ3) is 3.59. The van der Waals surface area contributed by atoms with Crippen molar-refractivity contribution in [1.82, 2.24) is 0 Å². The molecule has 2 aromatic carbocycles. The van der Waals surface area contributed by atoms with Crippen LogP contribution in [0.25, 0.3) is 0 Å². The minimum Gasteiger partial charge on any atom is -0.494 e. The van der Waals surface area contributed by atoms with E-state index in [1.165, 1.54) is 12.1 Å². The molecule has 0 spiro atoms. The zero-order chi connectivity index (χ0) is 14.7. The maximum Gasteiger partial charge on any atom is 0.124 e. The molecular weight excluding hydrogens is 389 g/mol. The van der Waals surface area contributed by atoms with Crippen molar-refractivity contribution in [3.8, 4) is 5.75 Å². The molecule has 0 aromatic heterocycles. The molecule has 2 nitrogen and oxygen atoms in total. The van der Waals surface area contributed by atoms with E-state index in [9.17, 15) is 4.39 Å². The van der Waals surface area contributed by atoms with Crippen molar-refractivity contribution in [3.63, 3.8) is 0 Å². The molecular formula is C15H14Br2FNO. The van der Waals surface area contributed by atoms with Gasteiger partial charge in [-0.15, -0.1) is 0 Å². The molecule has 2 N–H and O–H groups in total.